The number of thioether (sulfide) groups is 2. The van der Waals surface area contributed by atoms with Crippen LogP contribution in [-0.2, 0) is 0 Å². The normalized spacial score (nSPS) is 19.2. The molecule has 98 valence electrons. The van der Waals surface area contributed by atoms with Crippen LogP contribution in [-0.4, -0.2) is 46.0 Å². The second kappa shape index (κ2) is 8.89. The van der Waals surface area contributed by atoms with Gasteiger partial charge in [-0.2, -0.15) is 0 Å². The molecule has 1 rings (SSSR count). The van der Waals surface area contributed by atoms with Crippen molar-refractivity contribution in [1.29, 1.82) is 0 Å². The summed E-state index contributed by atoms with van der Waals surface area (Å²) in [4.78, 5) is 6.81. The summed E-state index contributed by atoms with van der Waals surface area (Å²) in [6.45, 7) is 8.61. The molecule has 0 bridgehead atoms. The molecule has 0 amide bonds. The van der Waals surface area contributed by atoms with E-state index in [0.29, 0.717) is 5.75 Å². The van der Waals surface area contributed by atoms with Gasteiger partial charge in [-0.05, 0) is 31.6 Å². The van der Waals surface area contributed by atoms with Crippen LogP contribution < -0.4 is 0 Å². The van der Waals surface area contributed by atoms with Gasteiger partial charge >= 0.3 is 0 Å². The molecule has 1 aliphatic rings. The molecule has 5 heteroatoms. The van der Waals surface area contributed by atoms with Gasteiger partial charge in [0.25, 0.3) is 0 Å². The predicted octanol–water partition coefficient (Wildman–Crippen LogP) is 2.78. The van der Waals surface area contributed by atoms with E-state index in [2.05, 4.69) is 16.5 Å². The van der Waals surface area contributed by atoms with Gasteiger partial charge in [-0.3, -0.25) is 4.99 Å². The minimum Gasteiger partial charge on any atom is -0.381 e. The number of hydrogen-bond acceptors (Lipinski definition) is 4. The maximum atomic E-state index is 9.89. The molecule has 1 unspecified atom stereocenters. The van der Waals surface area contributed by atoms with E-state index < -0.39 is 5.44 Å². The van der Waals surface area contributed by atoms with Crippen LogP contribution in [0.2, 0.25) is 0 Å². The van der Waals surface area contributed by atoms with Gasteiger partial charge in [0.05, 0.1) is 0 Å². The zero-order chi connectivity index (χ0) is 12.5. The van der Waals surface area contributed by atoms with Crippen LogP contribution in [0.15, 0.2) is 17.0 Å². The Kier molecular flexibility index (Phi) is 7.81. The van der Waals surface area contributed by atoms with Crippen LogP contribution in [0, 0.1) is 0 Å². The van der Waals surface area contributed by atoms with E-state index in [1.54, 1.807) is 17.2 Å². The van der Waals surface area contributed by atoms with Crippen molar-refractivity contribution in [3.8, 4) is 0 Å². The Labute approximate surface area is 113 Å². The predicted molar refractivity (Wildman–Crippen MR) is 79.7 cm³/mol. The Bertz CT molecular complexity index is 253. The molecule has 1 heterocycles. The fraction of sp³-hybridized carbons (Fsp3) is 0.750. The third kappa shape index (κ3) is 5.84. The molecule has 0 radical (unpaired) electrons. The van der Waals surface area contributed by atoms with Crippen molar-refractivity contribution in [2.45, 2.75) is 31.6 Å². The van der Waals surface area contributed by atoms with Crippen LogP contribution in [0.5, 0.6) is 0 Å². The highest BCUT2D eigenvalue weighted by molar-refractivity contribution is 8.15. The lowest BCUT2D eigenvalue weighted by molar-refractivity contribution is 0.288. The number of aliphatic hydroxyl groups is 1. The summed E-state index contributed by atoms with van der Waals surface area (Å²) in [5, 5.41) is 12.7. The van der Waals surface area contributed by atoms with Crippen LogP contribution in [0.4, 0.5) is 0 Å². The van der Waals surface area contributed by atoms with E-state index >= 15 is 0 Å². The Hall–Kier alpha value is -0.130. The summed E-state index contributed by atoms with van der Waals surface area (Å²) in [5.41, 5.74) is -0.398. The van der Waals surface area contributed by atoms with Crippen molar-refractivity contribution in [1.82, 2.24) is 4.90 Å². The molecule has 3 nitrogen and oxygen atoms in total. The molecule has 1 saturated heterocycles. The number of aliphatic imine (C=N–C) groups is 1. The maximum absolute atomic E-state index is 9.89. The SMILES string of the molecule is C=CSCC(O)SC(=NCC)N1CCCCC1. The summed E-state index contributed by atoms with van der Waals surface area (Å²) in [5.74, 6) is 0.671. The molecule has 1 fully saturated rings. The summed E-state index contributed by atoms with van der Waals surface area (Å²) >= 11 is 3.02. The molecule has 1 N–H and O–H groups in total. The van der Waals surface area contributed by atoms with E-state index in [0.717, 1.165) is 24.8 Å². The molecule has 0 saturated carbocycles. The lowest BCUT2D eigenvalue weighted by Gasteiger charge is -2.30. The van der Waals surface area contributed by atoms with Gasteiger partial charge in [0.2, 0.25) is 0 Å². The fourth-order valence-corrected chi connectivity index (χ4v) is 3.33. The van der Waals surface area contributed by atoms with Crippen molar-refractivity contribution in [3.05, 3.63) is 12.0 Å². The standard InChI is InChI=1S/C12H22N2OS2/c1-3-13-12(14-8-6-5-7-9-14)17-11(15)10-16-4-2/h4,11,15H,2-3,5-10H2,1H3. The number of rotatable bonds is 5. The summed E-state index contributed by atoms with van der Waals surface area (Å²) in [6.07, 6.45) is 3.79. The summed E-state index contributed by atoms with van der Waals surface area (Å²) in [7, 11) is 0. The van der Waals surface area contributed by atoms with Gasteiger partial charge < -0.3 is 10.0 Å². The largest absolute Gasteiger partial charge is 0.381 e. The van der Waals surface area contributed by atoms with E-state index in [-0.39, 0.29) is 0 Å². The molecular weight excluding hydrogens is 252 g/mol. The van der Waals surface area contributed by atoms with Crippen molar-refractivity contribution >= 4 is 28.7 Å². The Morgan fingerprint density at radius 1 is 1.47 bits per heavy atom. The van der Waals surface area contributed by atoms with Gasteiger partial charge in [0.1, 0.15) is 5.44 Å². The molecule has 0 aliphatic carbocycles. The second-order valence-electron chi connectivity index (χ2n) is 3.88. The molecule has 0 aromatic carbocycles. The van der Waals surface area contributed by atoms with Gasteiger partial charge in [-0.1, -0.05) is 18.3 Å². The van der Waals surface area contributed by atoms with Crippen LogP contribution in [0.25, 0.3) is 0 Å². The van der Waals surface area contributed by atoms with Crippen molar-refractivity contribution < 1.29 is 5.11 Å². The average Bonchev–Trinajstić information content (AvgIpc) is 2.37. The van der Waals surface area contributed by atoms with Gasteiger partial charge in [0.15, 0.2) is 5.17 Å². The number of nitrogens with zero attached hydrogens (tertiary/aromatic N) is 2. The van der Waals surface area contributed by atoms with E-state index in [4.69, 9.17) is 0 Å². The lowest BCUT2D eigenvalue weighted by Crippen LogP contribution is -2.35. The molecule has 0 spiro atoms. The molecule has 0 aromatic heterocycles. The highest BCUT2D eigenvalue weighted by atomic mass is 32.2. The second-order valence-corrected chi connectivity index (χ2v) is 6.02. The third-order valence-corrected chi connectivity index (χ3v) is 4.51. The first-order chi connectivity index (χ1) is 8.27. The van der Waals surface area contributed by atoms with Crippen molar-refractivity contribution in [3.63, 3.8) is 0 Å². The van der Waals surface area contributed by atoms with E-state index in [1.165, 1.54) is 31.0 Å². The number of piperidine rings is 1. The number of amidine groups is 1. The van der Waals surface area contributed by atoms with Crippen molar-refractivity contribution in [2.24, 2.45) is 4.99 Å². The molecular formula is C12H22N2OS2. The van der Waals surface area contributed by atoms with Crippen molar-refractivity contribution in [2.75, 3.05) is 25.4 Å². The first-order valence-electron chi connectivity index (χ1n) is 6.14. The topological polar surface area (TPSA) is 35.8 Å². The summed E-state index contributed by atoms with van der Waals surface area (Å²) < 4.78 is 0. The minimum atomic E-state index is -0.398. The monoisotopic (exact) mass is 274 g/mol. The Morgan fingerprint density at radius 3 is 2.76 bits per heavy atom. The molecule has 17 heavy (non-hydrogen) atoms. The van der Waals surface area contributed by atoms with Crippen LogP contribution >= 0.6 is 23.5 Å². The lowest BCUT2D eigenvalue weighted by atomic mass is 10.1. The quantitative estimate of drug-likeness (QED) is 0.475. The summed E-state index contributed by atoms with van der Waals surface area (Å²) in [6, 6.07) is 0. The first-order valence-corrected chi connectivity index (χ1v) is 8.07. The van der Waals surface area contributed by atoms with E-state index in [1.807, 2.05) is 6.92 Å². The average molecular weight is 274 g/mol. The van der Waals surface area contributed by atoms with Crippen LogP contribution in [0.1, 0.15) is 26.2 Å². The molecule has 0 aromatic rings. The highest BCUT2D eigenvalue weighted by Crippen LogP contribution is 2.21. The zero-order valence-electron chi connectivity index (χ0n) is 10.5. The smallest absolute Gasteiger partial charge is 0.161 e. The third-order valence-electron chi connectivity index (χ3n) is 2.52. The first kappa shape index (κ1) is 14.9. The van der Waals surface area contributed by atoms with Gasteiger partial charge in [0, 0.05) is 25.4 Å². The number of hydrogen-bond donors (Lipinski definition) is 1. The Morgan fingerprint density at radius 2 is 2.18 bits per heavy atom. The minimum absolute atomic E-state index is 0.398. The number of aliphatic hydroxyl groups excluding tert-OH is 1. The molecule has 1 atom stereocenters. The van der Waals surface area contributed by atoms with E-state index in [9.17, 15) is 5.11 Å². The van der Waals surface area contributed by atoms with Crippen LogP contribution in [0.3, 0.4) is 0 Å². The van der Waals surface area contributed by atoms with Gasteiger partial charge in [-0.25, -0.2) is 0 Å². The van der Waals surface area contributed by atoms with Gasteiger partial charge in [-0.15, -0.1) is 11.8 Å². The highest BCUT2D eigenvalue weighted by Gasteiger charge is 2.18. The Balaban J connectivity index is 2.47. The zero-order valence-corrected chi connectivity index (χ0v) is 12.1. The maximum Gasteiger partial charge on any atom is 0.161 e. The number of likely N-dealkylation sites (tertiary alicyclic amines) is 1. The fourth-order valence-electron chi connectivity index (χ4n) is 1.74. The molecule has 1 aliphatic heterocycles.